The Morgan fingerprint density at radius 3 is 2.39 bits per heavy atom. The van der Waals surface area contributed by atoms with E-state index in [4.69, 9.17) is 5.73 Å². The third-order valence-corrected chi connectivity index (χ3v) is 4.81. The molecule has 3 aromatic rings. The minimum atomic E-state index is -0.869. The fourth-order valence-electron chi connectivity index (χ4n) is 3.39. The summed E-state index contributed by atoms with van der Waals surface area (Å²) >= 11 is 0. The first-order valence-electron chi connectivity index (χ1n) is 10.00. The zero-order valence-corrected chi connectivity index (χ0v) is 20.6. The van der Waals surface area contributed by atoms with Gasteiger partial charge in [0.15, 0.2) is 11.6 Å². The molecule has 0 aliphatic carbocycles. The van der Waals surface area contributed by atoms with Crippen LogP contribution in [0.3, 0.4) is 0 Å². The van der Waals surface area contributed by atoms with E-state index in [1.807, 2.05) is 38.5 Å². The van der Waals surface area contributed by atoms with E-state index in [2.05, 4.69) is 19.9 Å². The van der Waals surface area contributed by atoms with Crippen molar-refractivity contribution in [3.63, 3.8) is 0 Å². The van der Waals surface area contributed by atoms with E-state index < -0.39 is 11.6 Å². The van der Waals surface area contributed by atoms with Crippen molar-refractivity contribution >= 4 is 28.8 Å². The molecular weight excluding hydrogens is 404 g/mol. The van der Waals surface area contributed by atoms with Crippen molar-refractivity contribution in [1.29, 1.82) is 0 Å². The van der Waals surface area contributed by atoms with Crippen LogP contribution in [0.2, 0.25) is 0 Å². The van der Waals surface area contributed by atoms with Crippen LogP contribution in [0.5, 0.6) is 5.75 Å². The number of rotatable bonds is 3. The van der Waals surface area contributed by atoms with Crippen LogP contribution in [0.15, 0.2) is 35.3 Å². The minimum Gasteiger partial charge on any atom is -0.504 e. The molecule has 8 heteroatoms. The molecule has 3 N–H and O–H groups in total. The van der Waals surface area contributed by atoms with Crippen LogP contribution in [-0.2, 0) is 0 Å². The van der Waals surface area contributed by atoms with E-state index >= 15 is 0 Å². The van der Waals surface area contributed by atoms with Gasteiger partial charge in [0.05, 0.1) is 22.4 Å². The fourth-order valence-corrected chi connectivity index (χ4v) is 3.39. The Kier molecular flexibility index (Phi) is 9.22. The van der Waals surface area contributed by atoms with E-state index in [9.17, 15) is 9.50 Å². The summed E-state index contributed by atoms with van der Waals surface area (Å²) in [5.74, 6) is -0.446. The smallest absolute Gasteiger partial charge is 0.504 e. The molecule has 1 saturated heterocycles. The molecule has 1 aliphatic rings. The molecule has 31 heavy (non-hydrogen) atoms. The normalized spacial score (nSPS) is 13.2. The number of anilines is 2. The van der Waals surface area contributed by atoms with Gasteiger partial charge in [-0.25, -0.2) is 14.4 Å². The zero-order chi connectivity index (χ0) is 21.7. The maximum absolute atomic E-state index is 14.3. The summed E-state index contributed by atoms with van der Waals surface area (Å²) in [6, 6.07) is 8.99. The third-order valence-electron chi connectivity index (χ3n) is 4.81. The second kappa shape index (κ2) is 11.4. The average Bonchev–Trinajstić information content (AvgIpc) is 3.29. The van der Waals surface area contributed by atoms with Crippen LogP contribution in [0.1, 0.15) is 32.3 Å². The molecule has 3 heterocycles. The number of nitrogen functional groups attached to an aromatic ring is 1. The molecule has 0 atom stereocenters. The zero-order valence-electron chi connectivity index (χ0n) is 18.6. The van der Waals surface area contributed by atoms with Crippen LogP contribution < -0.4 is 40.2 Å². The number of fused-ring (bicyclic) bond motifs is 1. The first-order chi connectivity index (χ1) is 14.5. The summed E-state index contributed by atoms with van der Waals surface area (Å²) in [4.78, 5) is 15.4. The summed E-state index contributed by atoms with van der Waals surface area (Å²) in [6.45, 7) is 6.04. The van der Waals surface area contributed by atoms with Crippen molar-refractivity contribution in [3.05, 3.63) is 48.1 Å². The number of halogens is 1. The standard InChI is InChI=1S/C20H20FN5O.C3H7.Na/c1-23-11-12-10-13(20(27)18(21)19(12)22)14-4-5-16-15(24-14)6-7-17(25-16)26-8-2-3-9-26;1-3-2;/h4-7,10-11,27H,2-3,8-9,22H2,1H3;3H,1-2H3;/q;-1;+1. The molecule has 0 unspecified atom stereocenters. The minimum absolute atomic E-state index is 0. The predicted molar refractivity (Wildman–Crippen MR) is 122 cm³/mol. The molecule has 0 spiro atoms. The second-order valence-electron chi connectivity index (χ2n) is 7.15. The number of nitrogens with two attached hydrogens (primary N) is 1. The van der Waals surface area contributed by atoms with Gasteiger partial charge in [0, 0.05) is 37.5 Å². The quantitative estimate of drug-likeness (QED) is 0.285. The average molecular weight is 431 g/mol. The van der Waals surface area contributed by atoms with Gasteiger partial charge in [-0.15, -0.1) is 0 Å². The Labute approximate surface area is 204 Å². The summed E-state index contributed by atoms with van der Waals surface area (Å²) in [5, 5.41) is 10.2. The molecule has 1 fully saturated rings. The Balaban J connectivity index is 0.000000808. The van der Waals surface area contributed by atoms with E-state index in [-0.39, 0.29) is 40.8 Å². The van der Waals surface area contributed by atoms with Crippen molar-refractivity contribution in [3.8, 4) is 17.0 Å². The molecular formula is C23H27FN5NaO. The van der Waals surface area contributed by atoms with Gasteiger partial charge in [-0.1, -0.05) is 0 Å². The van der Waals surface area contributed by atoms with Crippen molar-refractivity contribution in [2.75, 3.05) is 30.8 Å². The molecule has 1 aromatic carbocycles. The Morgan fingerprint density at radius 2 is 1.74 bits per heavy atom. The van der Waals surface area contributed by atoms with E-state index in [1.54, 1.807) is 19.2 Å². The van der Waals surface area contributed by atoms with E-state index in [0.717, 1.165) is 24.4 Å². The summed E-state index contributed by atoms with van der Waals surface area (Å²) in [6.07, 6.45) is 5.82. The van der Waals surface area contributed by atoms with Crippen LogP contribution in [0.4, 0.5) is 15.9 Å². The molecule has 6 nitrogen and oxygen atoms in total. The predicted octanol–water partition coefficient (Wildman–Crippen LogP) is 1.61. The van der Waals surface area contributed by atoms with Gasteiger partial charge in [-0.05, 0) is 43.2 Å². The number of aromatic nitrogens is 2. The Bertz CT molecular complexity index is 1070. The molecule has 4 rings (SSSR count). The monoisotopic (exact) mass is 431 g/mol. The Morgan fingerprint density at radius 1 is 1.13 bits per heavy atom. The molecule has 0 bridgehead atoms. The number of benzene rings is 1. The van der Waals surface area contributed by atoms with Gasteiger partial charge in [0.2, 0.25) is 0 Å². The van der Waals surface area contributed by atoms with Crippen molar-refractivity contribution in [1.82, 2.24) is 9.97 Å². The third kappa shape index (κ3) is 5.53. The molecule has 0 radical (unpaired) electrons. The van der Waals surface area contributed by atoms with Crippen molar-refractivity contribution in [2.24, 2.45) is 4.99 Å². The van der Waals surface area contributed by atoms with Gasteiger partial charge < -0.3 is 22.2 Å². The van der Waals surface area contributed by atoms with E-state index in [1.165, 1.54) is 19.1 Å². The molecule has 0 amide bonds. The largest absolute Gasteiger partial charge is 1.00 e. The van der Waals surface area contributed by atoms with Gasteiger partial charge in [0.25, 0.3) is 0 Å². The van der Waals surface area contributed by atoms with Crippen LogP contribution >= 0.6 is 0 Å². The Hall–Kier alpha value is -2.22. The van der Waals surface area contributed by atoms with Crippen LogP contribution in [0, 0.1) is 12.2 Å². The number of aliphatic imine (C=N–C) groups is 1. The second-order valence-corrected chi connectivity index (χ2v) is 7.15. The van der Waals surface area contributed by atoms with Gasteiger partial charge in [-0.2, -0.15) is 13.8 Å². The summed E-state index contributed by atoms with van der Waals surface area (Å²) in [7, 11) is 1.57. The van der Waals surface area contributed by atoms with E-state index in [0.29, 0.717) is 16.8 Å². The number of phenolic OH excluding ortho intramolecular Hbond substituents is 1. The summed E-state index contributed by atoms with van der Waals surface area (Å²) in [5.41, 5.74) is 8.13. The molecule has 0 saturated carbocycles. The number of phenols is 1. The number of pyridine rings is 2. The molecule has 158 valence electrons. The number of nitrogens with zero attached hydrogens (tertiary/aromatic N) is 4. The molecule has 1 aliphatic heterocycles. The van der Waals surface area contributed by atoms with Crippen molar-refractivity contribution in [2.45, 2.75) is 26.7 Å². The molecule has 2 aromatic heterocycles. The number of hydrogen-bond donors (Lipinski definition) is 2. The van der Waals surface area contributed by atoms with Gasteiger partial charge in [0.1, 0.15) is 5.82 Å². The first kappa shape index (κ1) is 25.0. The number of aromatic hydroxyl groups is 1. The van der Waals surface area contributed by atoms with Crippen LogP contribution in [0.25, 0.3) is 22.3 Å². The summed E-state index contributed by atoms with van der Waals surface area (Å²) < 4.78 is 14.3. The topological polar surface area (TPSA) is 87.6 Å². The van der Waals surface area contributed by atoms with Gasteiger partial charge >= 0.3 is 29.6 Å². The fraction of sp³-hybridized carbons (Fsp3) is 0.304. The first-order valence-corrected chi connectivity index (χ1v) is 10.00. The number of hydrogen-bond acceptors (Lipinski definition) is 6. The SMILES string of the molecule is CN=Cc1cc(-c2ccc3nc(N4CCCC4)ccc3n2)c(O)c(F)c1N.C[CH-]C.[Na+]. The maximum atomic E-state index is 14.3. The van der Waals surface area contributed by atoms with Crippen molar-refractivity contribution < 1.29 is 39.1 Å². The van der Waals surface area contributed by atoms with Crippen LogP contribution in [-0.4, -0.2) is 41.4 Å². The van der Waals surface area contributed by atoms with Gasteiger partial charge in [-0.3, -0.25) is 4.99 Å². The maximum Gasteiger partial charge on any atom is 1.00 e.